The second kappa shape index (κ2) is 9.68. The molecule has 1 saturated carbocycles. The molecule has 4 aliphatic rings. The summed E-state index contributed by atoms with van der Waals surface area (Å²) in [5, 5.41) is 5.69. The fourth-order valence-electron chi connectivity index (χ4n) is 7.27. The minimum Gasteiger partial charge on any atom is -0.325 e. The molecular formula is C32H29F2N5O4. The summed E-state index contributed by atoms with van der Waals surface area (Å²) in [6.07, 6.45) is 5.57. The summed E-state index contributed by atoms with van der Waals surface area (Å²) < 4.78 is 28.6. The van der Waals surface area contributed by atoms with Gasteiger partial charge in [0.15, 0.2) is 0 Å². The van der Waals surface area contributed by atoms with Gasteiger partial charge in [-0.1, -0.05) is 25.0 Å². The van der Waals surface area contributed by atoms with Crippen LogP contribution in [0.25, 0.3) is 0 Å². The highest BCUT2D eigenvalue weighted by Crippen LogP contribution is 2.47. The van der Waals surface area contributed by atoms with E-state index in [0.29, 0.717) is 43.3 Å². The lowest BCUT2D eigenvalue weighted by atomic mass is 9.79. The molecule has 2 aliphatic carbocycles. The summed E-state index contributed by atoms with van der Waals surface area (Å²) in [5.41, 5.74) is 0.629. The van der Waals surface area contributed by atoms with E-state index in [1.54, 1.807) is 18.3 Å². The summed E-state index contributed by atoms with van der Waals surface area (Å²) >= 11 is 0. The molecule has 1 aromatic heterocycles. The van der Waals surface area contributed by atoms with Crippen molar-refractivity contribution in [3.63, 3.8) is 0 Å². The highest BCUT2D eigenvalue weighted by molar-refractivity contribution is 6.09. The van der Waals surface area contributed by atoms with Crippen LogP contribution >= 0.6 is 0 Å². The number of hydrogen-bond acceptors (Lipinski definition) is 5. The van der Waals surface area contributed by atoms with Crippen LogP contribution in [0.15, 0.2) is 54.7 Å². The Morgan fingerprint density at radius 3 is 2.49 bits per heavy atom. The van der Waals surface area contributed by atoms with Gasteiger partial charge in [-0.2, -0.15) is 0 Å². The van der Waals surface area contributed by atoms with Crippen LogP contribution < -0.4 is 10.6 Å². The Kier molecular flexibility index (Phi) is 6.12. The van der Waals surface area contributed by atoms with Crippen molar-refractivity contribution >= 4 is 35.3 Å². The van der Waals surface area contributed by atoms with Crippen LogP contribution in [-0.4, -0.2) is 51.1 Å². The van der Waals surface area contributed by atoms with Crippen molar-refractivity contribution < 1.29 is 28.0 Å². The monoisotopic (exact) mass is 585 g/mol. The second-order valence-electron chi connectivity index (χ2n) is 12.0. The van der Waals surface area contributed by atoms with Crippen LogP contribution in [-0.2, 0) is 38.2 Å². The van der Waals surface area contributed by atoms with Gasteiger partial charge in [-0.05, 0) is 79.6 Å². The van der Waals surface area contributed by atoms with E-state index >= 15 is 0 Å². The van der Waals surface area contributed by atoms with E-state index in [1.807, 2.05) is 18.2 Å². The Hall–Kier alpha value is -4.67. The third-order valence-corrected chi connectivity index (χ3v) is 9.49. The first-order valence-corrected chi connectivity index (χ1v) is 14.4. The maximum atomic E-state index is 14.3. The van der Waals surface area contributed by atoms with Crippen molar-refractivity contribution in [3.8, 4) is 0 Å². The number of carbonyl (C=O) groups excluding carboxylic acids is 4. The van der Waals surface area contributed by atoms with E-state index in [1.165, 1.54) is 6.92 Å². The number of amides is 5. The number of anilines is 2. The van der Waals surface area contributed by atoms with Crippen molar-refractivity contribution in [1.29, 1.82) is 0 Å². The summed E-state index contributed by atoms with van der Waals surface area (Å²) in [6.45, 7) is 0.919. The van der Waals surface area contributed by atoms with Gasteiger partial charge in [-0.25, -0.2) is 18.6 Å². The molecule has 43 heavy (non-hydrogen) atoms. The number of rotatable bonds is 5. The predicted octanol–water partition coefficient (Wildman–Crippen LogP) is 4.41. The minimum absolute atomic E-state index is 0.0379. The molecule has 11 heteroatoms. The molecule has 3 aromatic rings. The molecule has 220 valence electrons. The topological polar surface area (TPSA) is 112 Å². The highest BCUT2D eigenvalue weighted by atomic mass is 19.1. The lowest BCUT2D eigenvalue weighted by molar-refractivity contribution is -0.134. The van der Waals surface area contributed by atoms with Gasteiger partial charge in [0.1, 0.15) is 29.5 Å². The zero-order valence-corrected chi connectivity index (χ0v) is 23.5. The third-order valence-electron chi connectivity index (χ3n) is 9.49. The molecule has 9 nitrogen and oxygen atoms in total. The molecule has 1 saturated heterocycles. The number of nitrogens with zero attached hydrogens (tertiary/aromatic N) is 3. The molecule has 3 heterocycles. The SMILES string of the molecule is CC1(c2cc(F)cc(F)c2)C(=O)N(C2CCCC2)C(=O)N1CC(=O)Nc1ccc2c(c1)C[C@@]1(C2)C(=O)Nc2ncccc21. The molecule has 0 bridgehead atoms. The van der Waals surface area contributed by atoms with Crippen LogP contribution in [0, 0.1) is 11.6 Å². The van der Waals surface area contributed by atoms with Gasteiger partial charge in [0, 0.05) is 29.6 Å². The molecule has 2 aliphatic heterocycles. The van der Waals surface area contributed by atoms with Crippen molar-refractivity contribution in [3.05, 3.63) is 88.6 Å². The lowest BCUT2D eigenvalue weighted by Gasteiger charge is -2.31. The minimum atomic E-state index is -1.78. The molecule has 2 N–H and O–H groups in total. The van der Waals surface area contributed by atoms with Crippen molar-refractivity contribution in [2.75, 3.05) is 17.2 Å². The zero-order valence-electron chi connectivity index (χ0n) is 23.5. The molecule has 0 radical (unpaired) electrons. The first kappa shape index (κ1) is 27.2. The number of halogens is 2. The van der Waals surface area contributed by atoms with Crippen LogP contribution in [0.4, 0.5) is 25.1 Å². The third kappa shape index (κ3) is 4.12. The summed E-state index contributed by atoms with van der Waals surface area (Å²) in [4.78, 5) is 60.5. The molecular weight excluding hydrogens is 556 g/mol. The van der Waals surface area contributed by atoms with E-state index in [0.717, 1.165) is 51.5 Å². The maximum absolute atomic E-state index is 14.3. The molecule has 2 fully saturated rings. The fraction of sp³-hybridized carbons (Fsp3) is 0.344. The summed E-state index contributed by atoms with van der Waals surface area (Å²) in [5.74, 6) is -2.49. The first-order chi connectivity index (χ1) is 20.6. The van der Waals surface area contributed by atoms with Gasteiger partial charge < -0.3 is 10.6 Å². The normalized spacial score (nSPS) is 24.6. The van der Waals surface area contributed by atoms with Crippen LogP contribution in [0.2, 0.25) is 0 Å². The zero-order chi connectivity index (χ0) is 30.1. The van der Waals surface area contributed by atoms with E-state index in [2.05, 4.69) is 15.6 Å². The average Bonchev–Trinajstić information content (AvgIpc) is 3.72. The van der Waals surface area contributed by atoms with E-state index < -0.39 is 47.0 Å². The maximum Gasteiger partial charge on any atom is 0.328 e. The highest BCUT2D eigenvalue weighted by Gasteiger charge is 2.58. The van der Waals surface area contributed by atoms with E-state index in [9.17, 15) is 28.0 Å². The van der Waals surface area contributed by atoms with Gasteiger partial charge in [-0.3, -0.25) is 24.2 Å². The number of fused-ring (bicyclic) bond motifs is 3. The van der Waals surface area contributed by atoms with Crippen LogP contribution in [0.3, 0.4) is 0 Å². The van der Waals surface area contributed by atoms with E-state index in [-0.39, 0.29) is 17.5 Å². The Labute approximate surface area is 246 Å². The summed E-state index contributed by atoms with van der Waals surface area (Å²) in [7, 11) is 0. The molecule has 5 amide bonds. The molecule has 2 atom stereocenters. The number of urea groups is 1. The number of benzene rings is 2. The first-order valence-electron chi connectivity index (χ1n) is 14.4. The van der Waals surface area contributed by atoms with Gasteiger partial charge in [0.25, 0.3) is 5.91 Å². The Morgan fingerprint density at radius 1 is 1.02 bits per heavy atom. The van der Waals surface area contributed by atoms with Crippen molar-refractivity contribution in [1.82, 2.24) is 14.8 Å². The van der Waals surface area contributed by atoms with Gasteiger partial charge in [0.2, 0.25) is 11.8 Å². The smallest absolute Gasteiger partial charge is 0.325 e. The average molecular weight is 586 g/mol. The molecule has 2 aromatic carbocycles. The number of carbonyl (C=O) groups is 4. The van der Waals surface area contributed by atoms with Gasteiger partial charge in [0.05, 0.1) is 5.41 Å². The number of aromatic nitrogens is 1. The standard InChI is InChI=1S/C32H29F2N5O4/c1-31(20-12-21(33)14-22(34)13-20)29(42)39(24-5-2-3-6-24)30(43)38(31)17-26(40)36-23-9-8-18-15-32(16-19(18)11-23)25-7-4-10-35-27(25)37-28(32)41/h4,7-14,24H,2-3,5-6,15-17H2,1H3,(H,36,40)(H,35,37,41)/t31?,32-/m1/s1. The predicted molar refractivity (Wildman–Crippen MR) is 152 cm³/mol. The fourth-order valence-corrected chi connectivity index (χ4v) is 7.27. The quantitative estimate of drug-likeness (QED) is 0.431. The molecule has 1 unspecified atom stereocenters. The number of nitrogens with one attached hydrogen (secondary N) is 2. The molecule has 1 spiro atoms. The second-order valence-corrected chi connectivity index (χ2v) is 12.0. The number of hydrogen-bond donors (Lipinski definition) is 2. The van der Waals surface area contributed by atoms with Gasteiger partial charge in [-0.15, -0.1) is 0 Å². The number of pyridine rings is 1. The summed E-state index contributed by atoms with van der Waals surface area (Å²) in [6, 6.07) is 10.9. The van der Waals surface area contributed by atoms with Crippen LogP contribution in [0.1, 0.15) is 54.9 Å². The Balaban J connectivity index is 1.15. The van der Waals surface area contributed by atoms with Crippen molar-refractivity contribution in [2.45, 2.75) is 62.4 Å². The largest absolute Gasteiger partial charge is 0.328 e. The van der Waals surface area contributed by atoms with E-state index in [4.69, 9.17) is 0 Å². The van der Waals surface area contributed by atoms with Crippen molar-refractivity contribution in [2.24, 2.45) is 0 Å². The van der Waals surface area contributed by atoms with Crippen LogP contribution in [0.5, 0.6) is 0 Å². The number of imide groups is 1. The Bertz CT molecular complexity index is 1700. The lowest BCUT2D eigenvalue weighted by Crippen LogP contribution is -2.47. The Morgan fingerprint density at radius 2 is 1.74 bits per heavy atom. The van der Waals surface area contributed by atoms with Gasteiger partial charge >= 0.3 is 6.03 Å². The molecule has 7 rings (SSSR count).